The fourth-order valence-electron chi connectivity index (χ4n) is 2.24. The molecule has 0 amide bonds. The van der Waals surface area contributed by atoms with Crippen molar-refractivity contribution in [3.8, 4) is 5.69 Å². The normalized spacial score (nSPS) is 11.6. The van der Waals surface area contributed by atoms with Crippen molar-refractivity contribution < 1.29 is 12.8 Å². The number of nitrogens with one attached hydrogen (secondary N) is 1. The monoisotopic (exact) mass is 345 g/mol. The van der Waals surface area contributed by atoms with Gasteiger partial charge in [0.25, 0.3) is 0 Å². The van der Waals surface area contributed by atoms with Gasteiger partial charge in [-0.05, 0) is 42.8 Å². The molecule has 0 unspecified atom stereocenters. The van der Waals surface area contributed by atoms with Crippen LogP contribution in [0.3, 0.4) is 0 Å². The third kappa shape index (κ3) is 3.52. The highest BCUT2D eigenvalue weighted by Crippen LogP contribution is 2.16. The van der Waals surface area contributed by atoms with Gasteiger partial charge in [-0.25, -0.2) is 22.2 Å². The summed E-state index contributed by atoms with van der Waals surface area (Å²) >= 11 is 0. The van der Waals surface area contributed by atoms with Crippen molar-refractivity contribution >= 4 is 10.0 Å². The number of sulfonamides is 1. The van der Waals surface area contributed by atoms with Crippen LogP contribution in [0.1, 0.15) is 11.3 Å². The van der Waals surface area contributed by atoms with Crippen LogP contribution >= 0.6 is 0 Å². The second-order valence-corrected chi connectivity index (χ2v) is 7.08. The maximum atomic E-state index is 13.8. The average molecular weight is 345 g/mol. The van der Waals surface area contributed by atoms with Gasteiger partial charge in [0.1, 0.15) is 10.7 Å². The number of para-hydroxylation sites is 1. The van der Waals surface area contributed by atoms with Crippen molar-refractivity contribution in [1.82, 2.24) is 14.5 Å². The molecule has 0 aliphatic heterocycles. The Labute approximate surface area is 139 Å². The van der Waals surface area contributed by atoms with Crippen LogP contribution in [0.2, 0.25) is 0 Å². The van der Waals surface area contributed by atoms with Crippen molar-refractivity contribution in [2.75, 3.05) is 0 Å². The fraction of sp³-hybridized carbons (Fsp3) is 0.118. The van der Waals surface area contributed by atoms with Crippen LogP contribution in [-0.2, 0) is 16.6 Å². The maximum Gasteiger partial charge on any atom is 0.243 e. The van der Waals surface area contributed by atoms with Crippen molar-refractivity contribution in [2.24, 2.45) is 0 Å². The minimum absolute atomic E-state index is 0.0183. The second-order valence-electron chi connectivity index (χ2n) is 5.35. The van der Waals surface area contributed by atoms with Crippen molar-refractivity contribution in [2.45, 2.75) is 18.4 Å². The zero-order chi connectivity index (χ0) is 17.2. The first-order chi connectivity index (χ1) is 11.5. The summed E-state index contributed by atoms with van der Waals surface area (Å²) in [6.07, 6.45) is 1.74. The number of hydrogen-bond donors (Lipinski definition) is 1. The molecule has 1 aromatic heterocycles. The summed E-state index contributed by atoms with van der Waals surface area (Å²) in [5.74, 6) is -0.775. The van der Waals surface area contributed by atoms with E-state index in [4.69, 9.17) is 0 Å². The highest BCUT2D eigenvalue weighted by molar-refractivity contribution is 7.89. The number of halogens is 1. The lowest BCUT2D eigenvalue weighted by Gasteiger charge is -2.07. The summed E-state index contributed by atoms with van der Waals surface area (Å²) in [6.45, 7) is 1.69. The lowest BCUT2D eigenvalue weighted by molar-refractivity contribution is 0.555. The molecule has 0 saturated carbocycles. The molecule has 5 nitrogen and oxygen atoms in total. The summed E-state index contributed by atoms with van der Waals surface area (Å²) in [6, 6.07) is 15.1. The van der Waals surface area contributed by atoms with Crippen LogP contribution in [0.25, 0.3) is 5.69 Å². The molecule has 7 heteroatoms. The molecule has 1 N–H and O–H groups in total. The molecular formula is C17H16FN3O2S. The zero-order valence-electron chi connectivity index (χ0n) is 13.0. The van der Waals surface area contributed by atoms with Crippen molar-refractivity contribution in [1.29, 1.82) is 0 Å². The van der Waals surface area contributed by atoms with E-state index in [1.807, 2.05) is 30.3 Å². The van der Waals surface area contributed by atoms with Crippen LogP contribution < -0.4 is 4.72 Å². The minimum atomic E-state index is -3.94. The maximum absolute atomic E-state index is 13.8. The average Bonchev–Trinajstić information content (AvgIpc) is 3.05. The Kier molecular flexibility index (Phi) is 4.46. The minimum Gasteiger partial charge on any atom is -0.241 e. The summed E-state index contributed by atoms with van der Waals surface area (Å²) in [5.41, 5.74) is 2.08. The molecule has 0 radical (unpaired) electrons. The molecular weight excluding hydrogens is 329 g/mol. The molecule has 0 saturated heterocycles. The number of aryl methyl sites for hydroxylation is 1. The molecule has 0 bridgehead atoms. The number of nitrogens with zero attached hydrogens (tertiary/aromatic N) is 2. The van der Waals surface area contributed by atoms with E-state index in [0.717, 1.165) is 11.8 Å². The molecule has 0 spiro atoms. The molecule has 0 fully saturated rings. The van der Waals surface area contributed by atoms with Crippen molar-refractivity contribution in [3.05, 3.63) is 77.9 Å². The molecule has 3 rings (SSSR count). The topological polar surface area (TPSA) is 64.0 Å². The molecule has 0 atom stereocenters. The third-order valence-corrected chi connectivity index (χ3v) is 4.90. The smallest absolute Gasteiger partial charge is 0.241 e. The van der Waals surface area contributed by atoms with Crippen LogP contribution in [0.15, 0.2) is 65.7 Å². The summed E-state index contributed by atoms with van der Waals surface area (Å²) in [5, 5.41) is 4.31. The predicted molar refractivity (Wildman–Crippen MR) is 88.7 cm³/mol. The largest absolute Gasteiger partial charge is 0.243 e. The Hall–Kier alpha value is -2.51. The van der Waals surface area contributed by atoms with E-state index in [1.165, 1.54) is 12.1 Å². The fourth-order valence-corrected chi connectivity index (χ4v) is 3.40. The Balaban J connectivity index is 1.76. The standard InChI is InChI=1S/C17H16FN3O2S/c1-13-7-8-16(18)17(11-13)24(22,23)19-12-14-9-10-21(20-14)15-5-3-2-4-6-15/h2-11,19H,12H2,1H3. The molecule has 2 aromatic carbocycles. The highest BCUT2D eigenvalue weighted by Gasteiger charge is 2.19. The van der Waals surface area contributed by atoms with Gasteiger partial charge >= 0.3 is 0 Å². The molecule has 124 valence electrons. The molecule has 24 heavy (non-hydrogen) atoms. The first-order valence-corrected chi connectivity index (χ1v) is 8.80. The van der Waals surface area contributed by atoms with Gasteiger partial charge in [0.2, 0.25) is 10.0 Å². The first kappa shape index (κ1) is 16.4. The van der Waals surface area contributed by atoms with Gasteiger partial charge in [-0.3, -0.25) is 0 Å². The van der Waals surface area contributed by atoms with E-state index in [2.05, 4.69) is 9.82 Å². The molecule has 0 aliphatic rings. The van der Waals surface area contributed by atoms with E-state index in [1.54, 1.807) is 23.9 Å². The molecule has 1 heterocycles. The summed E-state index contributed by atoms with van der Waals surface area (Å²) in [7, 11) is -3.94. The van der Waals surface area contributed by atoms with Gasteiger partial charge in [-0.15, -0.1) is 0 Å². The van der Waals surface area contributed by atoms with E-state index in [9.17, 15) is 12.8 Å². The Bertz CT molecular complexity index is 953. The Morgan fingerprint density at radius 1 is 1.12 bits per heavy atom. The number of rotatable bonds is 5. The SMILES string of the molecule is Cc1ccc(F)c(S(=O)(=O)NCc2ccn(-c3ccccc3)n2)c1. The second kappa shape index (κ2) is 6.54. The van der Waals surface area contributed by atoms with Crippen LogP contribution in [0, 0.1) is 12.7 Å². The highest BCUT2D eigenvalue weighted by atomic mass is 32.2. The summed E-state index contributed by atoms with van der Waals surface area (Å²) < 4.78 is 42.3. The van der Waals surface area contributed by atoms with Crippen LogP contribution in [0.5, 0.6) is 0 Å². The van der Waals surface area contributed by atoms with Crippen LogP contribution in [0.4, 0.5) is 4.39 Å². The molecule has 3 aromatic rings. The molecule has 0 aliphatic carbocycles. The summed E-state index contributed by atoms with van der Waals surface area (Å²) in [4.78, 5) is -0.356. The van der Waals surface area contributed by atoms with Crippen molar-refractivity contribution in [3.63, 3.8) is 0 Å². The van der Waals surface area contributed by atoms with E-state index in [0.29, 0.717) is 11.3 Å². The van der Waals surface area contributed by atoms with Gasteiger partial charge in [0.15, 0.2) is 0 Å². The predicted octanol–water partition coefficient (Wildman–Crippen LogP) is 2.80. The number of hydrogen-bond acceptors (Lipinski definition) is 3. The lowest BCUT2D eigenvalue weighted by atomic mass is 10.2. The number of aromatic nitrogens is 2. The lowest BCUT2D eigenvalue weighted by Crippen LogP contribution is -2.24. The number of benzene rings is 2. The quantitative estimate of drug-likeness (QED) is 0.773. The van der Waals surface area contributed by atoms with Gasteiger partial charge in [0.05, 0.1) is 17.9 Å². The van der Waals surface area contributed by atoms with E-state index in [-0.39, 0.29) is 11.4 Å². The van der Waals surface area contributed by atoms with Gasteiger partial charge in [-0.2, -0.15) is 5.10 Å². The first-order valence-electron chi connectivity index (χ1n) is 7.31. The van der Waals surface area contributed by atoms with Gasteiger partial charge in [-0.1, -0.05) is 24.3 Å². The van der Waals surface area contributed by atoms with Gasteiger partial charge in [0, 0.05) is 6.20 Å². The third-order valence-electron chi connectivity index (χ3n) is 3.48. The Morgan fingerprint density at radius 3 is 2.62 bits per heavy atom. The van der Waals surface area contributed by atoms with E-state index >= 15 is 0 Å². The Morgan fingerprint density at radius 2 is 1.88 bits per heavy atom. The van der Waals surface area contributed by atoms with Gasteiger partial charge < -0.3 is 0 Å². The van der Waals surface area contributed by atoms with E-state index < -0.39 is 15.8 Å². The van der Waals surface area contributed by atoms with Crippen LogP contribution in [-0.4, -0.2) is 18.2 Å². The zero-order valence-corrected chi connectivity index (χ0v) is 13.8.